The van der Waals surface area contributed by atoms with Crippen molar-refractivity contribution >= 4 is 22.2 Å². The molecule has 9 heteroatoms. The van der Waals surface area contributed by atoms with Crippen molar-refractivity contribution in [2.75, 3.05) is 0 Å². The minimum Gasteiger partial charge on any atom is -0.472 e. The van der Waals surface area contributed by atoms with E-state index >= 15 is 0 Å². The van der Waals surface area contributed by atoms with Gasteiger partial charge < -0.3 is 14.7 Å². The second-order valence-corrected chi connectivity index (χ2v) is 9.02. The summed E-state index contributed by atoms with van der Waals surface area (Å²) in [7, 11) is 0. The van der Waals surface area contributed by atoms with Crippen molar-refractivity contribution in [2.24, 2.45) is 0 Å². The number of rotatable bonds is 7. The lowest BCUT2D eigenvalue weighted by atomic mass is 10.1. The summed E-state index contributed by atoms with van der Waals surface area (Å²) in [4.78, 5) is 21.7. The van der Waals surface area contributed by atoms with Gasteiger partial charge in [0.1, 0.15) is 11.2 Å². The molecular weight excluding hydrogens is 476 g/mol. The molecule has 0 radical (unpaired) electrons. The molecule has 3 N–H and O–H groups in total. The maximum absolute atomic E-state index is 5.27. The van der Waals surface area contributed by atoms with E-state index in [0.717, 1.165) is 45.3 Å². The smallest absolute Gasteiger partial charge is 0.161 e. The van der Waals surface area contributed by atoms with Crippen LogP contribution in [0.2, 0.25) is 0 Å². The lowest BCUT2D eigenvalue weighted by molar-refractivity contribution is 0.568. The number of benzene rings is 1. The van der Waals surface area contributed by atoms with Crippen LogP contribution in [0, 0.1) is 0 Å². The third-order valence-corrected chi connectivity index (χ3v) is 6.49. The molecule has 0 atom stereocenters. The molecule has 0 aliphatic heterocycles. The Kier molecular flexibility index (Phi) is 5.45. The maximum Gasteiger partial charge on any atom is 0.161 e. The number of nitrogens with zero attached hydrogens (tertiary/aromatic N) is 5. The zero-order chi connectivity index (χ0) is 25.3. The standard InChI is InChI=1S/C29H22N8O/c1-2-4-18(5-3-1)12-30-13-19-10-21(15-31-14-19)22-11-24-26(36-37-27(24)33-16-22)29-34-25-23(20-7-9-38-17-20)6-8-32-28(25)35-29/h1-11,14-17,30H,12-13H2,(H,32,34,35)(H,33,36,37). The van der Waals surface area contributed by atoms with Crippen LogP contribution in [0.1, 0.15) is 11.1 Å². The molecule has 7 aromatic rings. The Morgan fingerprint density at radius 1 is 0.816 bits per heavy atom. The van der Waals surface area contributed by atoms with Crippen LogP contribution in [0.4, 0.5) is 0 Å². The van der Waals surface area contributed by atoms with Gasteiger partial charge in [-0.05, 0) is 35.4 Å². The van der Waals surface area contributed by atoms with Gasteiger partial charge in [0.05, 0.1) is 17.9 Å². The number of aromatic amines is 2. The number of fused-ring (bicyclic) bond motifs is 2. The number of hydrogen-bond acceptors (Lipinski definition) is 7. The van der Waals surface area contributed by atoms with Gasteiger partial charge in [-0.1, -0.05) is 30.3 Å². The van der Waals surface area contributed by atoms with Crippen molar-refractivity contribution in [3.8, 4) is 33.8 Å². The molecule has 0 saturated heterocycles. The largest absolute Gasteiger partial charge is 0.472 e. The highest BCUT2D eigenvalue weighted by molar-refractivity contribution is 5.95. The molecule has 0 amide bonds. The molecule has 6 heterocycles. The first-order valence-electron chi connectivity index (χ1n) is 12.2. The van der Waals surface area contributed by atoms with Gasteiger partial charge >= 0.3 is 0 Å². The van der Waals surface area contributed by atoms with Gasteiger partial charge in [-0.25, -0.2) is 15.0 Å². The zero-order valence-electron chi connectivity index (χ0n) is 20.2. The molecule has 0 spiro atoms. The van der Waals surface area contributed by atoms with Crippen LogP contribution in [0.25, 0.3) is 56.0 Å². The first kappa shape index (κ1) is 22.1. The van der Waals surface area contributed by atoms with E-state index in [1.54, 1.807) is 18.7 Å². The lowest BCUT2D eigenvalue weighted by Crippen LogP contribution is -2.12. The third kappa shape index (κ3) is 4.10. The van der Waals surface area contributed by atoms with E-state index in [4.69, 9.17) is 9.40 Å². The number of H-pyrrole nitrogens is 2. The number of imidazole rings is 1. The first-order chi connectivity index (χ1) is 18.8. The summed E-state index contributed by atoms with van der Waals surface area (Å²) >= 11 is 0. The number of nitrogens with one attached hydrogen (secondary N) is 3. The fraction of sp³-hybridized carbons (Fsp3) is 0.0690. The number of aromatic nitrogens is 7. The average molecular weight is 499 g/mol. The molecule has 1 aromatic carbocycles. The molecule has 0 aliphatic carbocycles. The molecule has 38 heavy (non-hydrogen) atoms. The summed E-state index contributed by atoms with van der Waals surface area (Å²) in [6.07, 6.45) is 10.7. The van der Waals surface area contributed by atoms with Gasteiger partial charge in [0, 0.05) is 60.1 Å². The van der Waals surface area contributed by atoms with Crippen molar-refractivity contribution in [1.29, 1.82) is 0 Å². The normalized spacial score (nSPS) is 11.5. The predicted molar refractivity (Wildman–Crippen MR) is 145 cm³/mol. The van der Waals surface area contributed by atoms with Crippen LogP contribution in [0.15, 0.2) is 96.3 Å². The van der Waals surface area contributed by atoms with Crippen LogP contribution in [0.5, 0.6) is 0 Å². The minimum absolute atomic E-state index is 0.616. The summed E-state index contributed by atoms with van der Waals surface area (Å²) in [6.45, 7) is 1.51. The molecular formula is C29H22N8O. The highest BCUT2D eigenvalue weighted by Gasteiger charge is 2.17. The van der Waals surface area contributed by atoms with Gasteiger partial charge in [-0.15, -0.1) is 0 Å². The average Bonchev–Trinajstić information content (AvgIpc) is 3.73. The van der Waals surface area contributed by atoms with Crippen LogP contribution < -0.4 is 5.32 Å². The van der Waals surface area contributed by atoms with Gasteiger partial charge in [-0.2, -0.15) is 5.10 Å². The third-order valence-electron chi connectivity index (χ3n) is 6.49. The van der Waals surface area contributed by atoms with E-state index in [2.05, 4.69) is 59.7 Å². The van der Waals surface area contributed by atoms with E-state index in [0.29, 0.717) is 29.4 Å². The first-order valence-corrected chi connectivity index (χ1v) is 12.2. The Morgan fingerprint density at radius 3 is 2.61 bits per heavy atom. The molecule has 0 fully saturated rings. The Bertz CT molecular complexity index is 1850. The summed E-state index contributed by atoms with van der Waals surface area (Å²) in [5, 5.41) is 11.9. The van der Waals surface area contributed by atoms with Crippen molar-refractivity contribution in [1.82, 2.24) is 40.4 Å². The zero-order valence-corrected chi connectivity index (χ0v) is 20.2. The van der Waals surface area contributed by atoms with Crippen LogP contribution in [-0.4, -0.2) is 35.1 Å². The van der Waals surface area contributed by atoms with Gasteiger partial charge in [0.15, 0.2) is 17.1 Å². The highest BCUT2D eigenvalue weighted by atomic mass is 16.3. The van der Waals surface area contributed by atoms with Gasteiger partial charge in [0.25, 0.3) is 0 Å². The summed E-state index contributed by atoms with van der Waals surface area (Å²) in [5.41, 5.74) is 8.95. The van der Waals surface area contributed by atoms with E-state index in [-0.39, 0.29) is 0 Å². The molecule has 0 aliphatic rings. The van der Waals surface area contributed by atoms with Crippen molar-refractivity contribution in [2.45, 2.75) is 13.1 Å². The quantitative estimate of drug-likeness (QED) is 0.265. The van der Waals surface area contributed by atoms with Crippen molar-refractivity contribution in [3.63, 3.8) is 0 Å². The van der Waals surface area contributed by atoms with E-state index < -0.39 is 0 Å². The molecule has 9 nitrogen and oxygen atoms in total. The fourth-order valence-electron chi connectivity index (χ4n) is 4.60. The van der Waals surface area contributed by atoms with Crippen LogP contribution in [-0.2, 0) is 13.1 Å². The Balaban J connectivity index is 1.20. The fourth-order valence-corrected chi connectivity index (χ4v) is 4.60. The van der Waals surface area contributed by atoms with E-state index in [1.165, 1.54) is 5.56 Å². The monoisotopic (exact) mass is 498 g/mol. The molecule has 7 rings (SSSR count). The van der Waals surface area contributed by atoms with Gasteiger partial charge in [-0.3, -0.25) is 10.1 Å². The molecule has 0 unspecified atom stereocenters. The lowest BCUT2D eigenvalue weighted by Gasteiger charge is -2.07. The second-order valence-electron chi connectivity index (χ2n) is 9.02. The van der Waals surface area contributed by atoms with Gasteiger partial charge in [0.2, 0.25) is 0 Å². The molecule has 6 aromatic heterocycles. The molecule has 0 saturated carbocycles. The molecule has 0 bridgehead atoms. The summed E-state index contributed by atoms with van der Waals surface area (Å²) in [6, 6.07) is 18.4. The Labute approximate surface area is 217 Å². The number of furan rings is 1. The highest BCUT2D eigenvalue weighted by Crippen LogP contribution is 2.32. The van der Waals surface area contributed by atoms with Crippen LogP contribution in [0.3, 0.4) is 0 Å². The Morgan fingerprint density at radius 2 is 1.71 bits per heavy atom. The van der Waals surface area contributed by atoms with Crippen LogP contribution >= 0.6 is 0 Å². The van der Waals surface area contributed by atoms with Crippen molar-refractivity contribution < 1.29 is 4.42 Å². The number of hydrogen-bond donors (Lipinski definition) is 3. The summed E-state index contributed by atoms with van der Waals surface area (Å²) in [5.74, 6) is 0.616. The topological polar surface area (TPSA) is 121 Å². The summed E-state index contributed by atoms with van der Waals surface area (Å²) < 4.78 is 5.27. The molecule has 184 valence electrons. The Hall–Kier alpha value is -5.15. The maximum atomic E-state index is 5.27. The minimum atomic E-state index is 0.616. The van der Waals surface area contributed by atoms with Crippen molar-refractivity contribution in [3.05, 3.63) is 103 Å². The van der Waals surface area contributed by atoms with E-state index in [9.17, 15) is 0 Å². The number of pyridine rings is 3. The predicted octanol–water partition coefficient (Wildman–Crippen LogP) is 5.51. The van der Waals surface area contributed by atoms with E-state index in [1.807, 2.05) is 48.9 Å². The SMILES string of the molecule is c1ccc(CNCc2cncc(-c3cnc4[nH]nc(-c5nc6c(-c7ccoc7)ccnc6[nH]5)c4c3)c2)cc1. The second kappa shape index (κ2) is 9.38.